The van der Waals surface area contributed by atoms with E-state index in [1.807, 2.05) is 41.4 Å². The zero-order valence-electron chi connectivity index (χ0n) is 17.0. The molecule has 2 atom stereocenters. The zero-order chi connectivity index (χ0) is 21.5. The van der Waals surface area contributed by atoms with Crippen molar-refractivity contribution < 1.29 is 18.6 Å². The lowest BCUT2D eigenvalue weighted by atomic mass is 9.96. The Morgan fingerprint density at radius 3 is 2.52 bits per heavy atom. The van der Waals surface area contributed by atoms with E-state index in [1.54, 1.807) is 26.4 Å². The molecular formula is C24H20ClFN2O3. The van der Waals surface area contributed by atoms with Crippen LogP contribution in [0.3, 0.4) is 0 Å². The first-order valence-electron chi connectivity index (χ1n) is 9.87. The SMILES string of the molecule is COc1ccc([C@H]2Oc3ccc(Cl)cc3[C@@H]3CC(c4ccc(F)cc4)=NN23)cc1OC. The number of hydrogen-bond donors (Lipinski definition) is 0. The van der Waals surface area contributed by atoms with Crippen LogP contribution >= 0.6 is 11.6 Å². The summed E-state index contributed by atoms with van der Waals surface area (Å²) in [6.07, 6.45) is 0.197. The second kappa shape index (κ2) is 7.78. The van der Waals surface area contributed by atoms with E-state index < -0.39 is 6.23 Å². The number of hydrogen-bond acceptors (Lipinski definition) is 5. The largest absolute Gasteiger partial charge is 0.493 e. The Morgan fingerprint density at radius 1 is 1.00 bits per heavy atom. The smallest absolute Gasteiger partial charge is 0.214 e. The lowest BCUT2D eigenvalue weighted by molar-refractivity contribution is -0.0191. The molecule has 31 heavy (non-hydrogen) atoms. The zero-order valence-corrected chi connectivity index (χ0v) is 17.8. The summed E-state index contributed by atoms with van der Waals surface area (Å²) in [5.74, 6) is 1.75. The van der Waals surface area contributed by atoms with Gasteiger partial charge in [0.25, 0.3) is 0 Å². The molecule has 2 aliphatic heterocycles. The summed E-state index contributed by atoms with van der Waals surface area (Å²) in [4.78, 5) is 0. The van der Waals surface area contributed by atoms with E-state index in [2.05, 4.69) is 0 Å². The van der Waals surface area contributed by atoms with Gasteiger partial charge in [0.1, 0.15) is 11.6 Å². The van der Waals surface area contributed by atoms with Gasteiger partial charge in [0, 0.05) is 22.6 Å². The van der Waals surface area contributed by atoms with Gasteiger partial charge in [-0.2, -0.15) is 5.10 Å². The number of rotatable bonds is 4. The van der Waals surface area contributed by atoms with Gasteiger partial charge in [0.05, 0.1) is 26.0 Å². The van der Waals surface area contributed by atoms with Gasteiger partial charge in [-0.25, -0.2) is 9.40 Å². The molecule has 158 valence electrons. The third kappa shape index (κ3) is 3.47. The summed E-state index contributed by atoms with van der Waals surface area (Å²) in [7, 11) is 3.20. The number of nitrogens with zero attached hydrogens (tertiary/aromatic N) is 2. The van der Waals surface area contributed by atoms with Crippen molar-refractivity contribution >= 4 is 17.3 Å². The summed E-state index contributed by atoms with van der Waals surface area (Å²) in [6.45, 7) is 0. The molecule has 2 heterocycles. The van der Waals surface area contributed by atoms with Crippen LogP contribution in [0.4, 0.5) is 4.39 Å². The average molecular weight is 439 g/mol. The van der Waals surface area contributed by atoms with Gasteiger partial charge in [0.2, 0.25) is 6.23 Å². The van der Waals surface area contributed by atoms with E-state index in [0.717, 1.165) is 28.2 Å². The Balaban J connectivity index is 1.60. The lowest BCUT2D eigenvalue weighted by Gasteiger charge is -2.38. The fraction of sp³-hybridized carbons (Fsp3) is 0.208. The Kier molecular flexibility index (Phi) is 4.94. The summed E-state index contributed by atoms with van der Waals surface area (Å²) in [5, 5.41) is 7.47. The molecule has 0 saturated heterocycles. The van der Waals surface area contributed by atoms with Crippen LogP contribution in [0.5, 0.6) is 17.2 Å². The van der Waals surface area contributed by atoms with E-state index in [-0.39, 0.29) is 11.9 Å². The van der Waals surface area contributed by atoms with Crippen LogP contribution in [0, 0.1) is 5.82 Å². The molecule has 5 rings (SSSR count). The third-order valence-electron chi connectivity index (χ3n) is 5.62. The Labute approximate surface area is 184 Å². The van der Waals surface area contributed by atoms with Crippen LogP contribution in [0.1, 0.15) is 35.4 Å². The molecule has 2 aliphatic rings. The van der Waals surface area contributed by atoms with E-state index in [0.29, 0.717) is 22.9 Å². The number of methoxy groups -OCH3 is 2. The normalized spacial score (nSPS) is 19.2. The minimum absolute atomic E-state index is 0.0550. The number of ether oxygens (including phenoxy) is 3. The molecule has 0 N–H and O–H groups in total. The topological polar surface area (TPSA) is 43.3 Å². The fourth-order valence-electron chi connectivity index (χ4n) is 4.10. The molecule has 3 aromatic carbocycles. The summed E-state index contributed by atoms with van der Waals surface area (Å²) < 4.78 is 30.6. The molecule has 0 unspecified atom stereocenters. The summed E-state index contributed by atoms with van der Waals surface area (Å²) >= 11 is 6.28. The van der Waals surface area contributed by atoms with Crippen molar-refractivity contribution in [1.29, 1.82) is 0 Å². The molecule has 3 aromatic rings. The Morgan fingerprint density at radius 2 is 1.77 bits per heavy atom. The van der Waals surface area contributed by atoms with Gasteiger partial charge >= 0.3 is 0 Å². The summed E-state index contributed by atoms with van der Waals surface area (Å²) in [5.41, 5.74) is 3.61. The maximum atomic E-state index is 13.4. The van der Waals surface area contributed by atoms with Crippen molar-refractivity contribution in [3.8, 4) is 17.2 Å². The van der Waals surface area contributed by atoms with Crippen LogP contribution in [-0.2, 0) is 0 Å². The van der Waals surface area contributed by atoms with E-state index >= 15 is 0 Å². The number of fused-ring (bicyclic) bond motifs is 3. The molecule has 0 fully saturated rings. The van der Waals surface area contributed by atoms with Gasteiger partial charge in [-0.1, -0.05) is 23.7 Å². The maximum Gasteiger partial charge on any atom is 0.214 e. The van der Waals surface area contributed by atoms with Gasteiger partial charge in [-0.3, -0.25) is 0 Å². The monoisotopic (exact) mass is 438 g/mol. The highest BCUT2D eigenvalue weighted by atomic mass is 35.5. The van der Waals surface area contributed by atoms with Crippen LogP contribution in [0.2, 0.25) is 5.02 Å². The number of benzene rings is 3. The highest BCUT2D eigenvalue weighted by Gasteiger charge is 2.41. The van der Waals surface area contributed by atoms with Crippen LogP contribution in [0.25, 0.3) is 0 Å². The minimum Gasteiger partial charge on any atom is -0.493 e. The molecule has 0 bridgehead atoms. The van der Waals surface area contributed by atoms with Crippen LogP contribution in [-0.4, -0.2) is 24.9 Å². The molecular weight excluding hydrogens is 419 g/mol. The maximum absolute atomic E-state index is 13.4. The van der Waals surface area contributed by atoms with Gasteiger partial charge in [-0.15, -0.1) is 0 Å². The second-order valence-electron chi connectivity index (χ2n) is 7.42. The van der Waals surface area contributed by atoms with Gasteiger partial charge in [0.15, 0.2) is 11.5 Å². The predicted molar refractivity (Wildman–Crippen MR) is 117 cm³/mol. The first kappa shape index (κ1) is 19.7. The van der Waals surface area contributed by atoms with Crippen LogP contribution in [0.15, 0.2) is 65.8 Å². The molecule has 5 nitrogen and oxygen atoms in total. The predicted octanol–water partition coefficient (Wildman–Crippen LogP) is 5.74. The number of hydrazone groups is 1. The highest BCUT2D eigenvalue weighted by Crippen LogP contribution is 2.48. The Hall–Kier alpha value is -3.25. The molecule has 0 aliphatic carbocycles. The molecule has 7 heteroatoms. The molecule has 0 amide bonds. The molecule has 0 radical (unpaired) electrons. The van der Waals surface area contributed by atoms with Crippen LogP contribution < -0.4 is 14.2 Å². The Bertz CT molecular complexity index is 1170. The summed E-state index contributed by atoms with van der Waals surface area (Å²) in [6, 6.07) is 17.6. The highest BCUT2D eigenvalue weighted by molar-refractivity contribution is 6.30. The van der Waals surface area contributed by atoms with Crippen molar-refractivity contribution in [1.82, 2.24) is 5.01 Å². The minimum atomic E-state index is -0.462. The van der Waals surface area contributed by atoms with Gasteiger partial charge < -0.3 is 14.2 Å². The molecule has 0 saturated carbocycles. The van der Waals surface area contributed by atoms with Gasteiger partial charge in [-0.05, 0) is 54.1 Å². The average Bonchev–Trinajstić information content (AvgIpc) is 3.24. The van der Waals surface area contributed by atoms with E-state index in [4.69, 9.17) is 30.9 Å². The molecule has 0 aromatic heterocycles. The fourth-order valence-corrected chi connectivity index (χ4v) is 4.28. The van der Waals surface area contributed by atoms with Crippen molar-refractivity contribution in [3.63, 3.8) is 0 Å². The van der Waals surface area contributed by atoms with Crippen molar-refractivity contribution in [2.45, 2.75) is 18.7 Å². The van der Waals surface area contributed by atoms with Crippen molar-refractivity contribution in [2.24, 2.45) is 5.10 Å². The van der Waals surface area contributed by atoms with E-state index in [1.165, 1.54) is 12.1 Å². The third-order valence-corrected chi connectivity index (χ3v) is 5.86. The molecule has 0 spiro atoms. The second-order valence-corrected chi connectivity index (χ2v) is 7.86. The van der Waals surface area contributed by atoms with Crippen molar-refractivity contribution in [2.75, 3.05) is 14.2 Å². The van der Waals surface area contributed by atoms with E-state index in [9.17, 15) is 4.39 Å². The first-order valence-corrected chi connectivity index (χ1v) is 10.2. The quantitative estimate of drug-likeness (QED) is 0.521. The standard InChI is InChI=1S/C24H20ClFN2O3/c1-29-22-9-5-15(11-23(22)30-2)24-28-20(18-12-16(25)6-10-21(18)31-24)13-19(27-28)14-3-7-17(26)8-4-14/h3-12,20,24H,13H2,1-2H3/t20-,24+/m0/s1. The van der Waals surface area contributed by atoms with Crippen molar-refractivity contribution in [3.05, 3.63) is 88.2 Å². The lowest BCUT2D eigenvalue weighted by Crippen LogP contribution is -2.33. The number of halogens is 2. The first-order chi connectivity index (χ1) is 15.1.